The van der Waals surface area contributed by atoms with E-state index in [4.69, 9.17) is 0 Å². The molecule has 0 bridgehead atoms. The Hall–Kier alpha value is -2.32. The molecule has 2 aliphatic rings. The normalized spacial score (nSPS) is 25.7. The van der Waals surface area contributed by atoms with Crippen molar-refractivity contribution >= 4 is 29.2 Å². The molecule has 4 atom stereocenters. The van der Waals surface area contributed by atoms with E-state index in [0.29, 0.717) is 17.1 Å². The number of thioether (sulfide) groups is 1. The van der Waals surface area contributed by atoms with E-state index in [1.165, 1.54) is 16.7 Å². The highest BCUT2D eigenvalue weighted by Crippen LogP contribution is 2.50. The van der Waals surface area contributed by atoms with Crippen LogP contribution in [0.3, 0.4) is 0 Å². The van der Waals surface area contributed by atoms with Crippen LogP contribution in [0.1, 0.15) is 19.7 Å². The molecule has 2 aromatic rings. The van der Waals surface area contributed by atoms with Gasteiger partial charge in [0, 0.05) is 29.2 Å². The van der Waals surface area contributed by atoms with Gasteiger partial charge in [0.05, 0.1) is 29.8 Å². The van der Waals surface area contributed by atoms with Crippen LogP contribution in [0.15, 0.2) is 41.2 Å². The van der Waals surface area contributed by atoms with E-state index in [2.05, 4.69) is 4.98 Å². The van der Waals surface area contributed by atoms with Crippen LogP contribution in [-0.4, -0.2) is 54.3 Å². The Kier molecular flexibility index (Phi) is 4.47. The Morgan fingerprint density at radius 3 is 2.89 bits per heavy atom. The van der Waals surface area contributed by atoms with Crippen LogP contribution >= 0.6 is 11.8 Å². The van der Waals surface area contributed by atoms with Crippen molar-refractivity contribution in [2.75, 3.05) is 5.75 Å². The van der Waals surface area contributed by atoms with Gasteiger partial charge in [-0.2, -0.15) is 0 Å². The van der Waals surface area contributed by atoms with E-state index in [9.17, 15) is 19.8 Å². The molecule has 1 amide bonds. The predicted molar refractivity (Wildman–Crippen MR) is 101 cm³/mol. The van der Waals surface area contributed by atoms with Crippen molar-refractivity contribution in [2.45, 2.75) is 32.4 Å². The van der Waals surface area contributed by atoms with Gasteiger partial charge in [-0.1, -0.05) is 13.0 Å². The quantitative estimate of drug-likeness (QED) is 0.734. The van der Waals surface area contributed by atoms with Gasteiger partial charge in [-0.3, -0.25) is 4.79 Å². The van der Waals surface area contributed by atoms with Crippen LogP contribution in [-0.2, 0) is 16.0 Å². The van der Waals surface area contributed by atoms with Gasteiger partial charge < -0.3 is 19.5 Å². The molecular formula is C19H21N3O4S. The number of aryl methyl sites for hydroxylation is 1. The summed E-state index contributed by atoms with van der Waals surface area (Å²) in [6.45, 7) is 3.52. The SMILES string of the molecule is C[C@@H](O)[C@@H]1C(=O)N2C(C(=O)O)=C(SCCc3ncc4ccccn34)[C@H](C)[C@@H]12. The zero-order valence-corrected chi connectivity index (χ0v) is 15.9. The van der Waals surface area contributed by atoms with Crippen LogP contribution in [0.25, 0.3) is 5.52 Å². The third-order valence-electron chi connectivity index (χ3n) is 5.41. The number of carboxylic acid groups (broad SMARTS) is 1. The van der Waals surface area contributed by atoms with Crippen molar-refractivity contribution in [2.24, 2.45) is 11.8 Å². The summed E-state index contributed by atoms with van der Waals surface area (Å²) >= 11 is 1.47. The standard InChI is InChI=1S/C19H21N3O4S/c1-10-15-14(11(2)23)18(24)22(15)16(19(25)26)17(10)27-8-6-13-20-9-12-5-3-4-7-21(12)13/h3-5,7,9-11,14-15,23H,6,8H2,1-2H3,(H,25,26)/t10-,11-,14+,15+/m1/s1. The lowest BCUT2D eigenvalue weighted by Crippen LogP contribution is -2.63. The average Bonchev–Trinajstić information content (AvgIpc) is 3.13. The Morgan fingerprint density at radius 2 is 2.19 bits per heavy atom. The first kappa shape index (κ1) is 18.1. The van der Waals surface area contributed by atoms with E-state index in [1.807, 2.05) is 41.9 Å². The largest absolute Gasteiger partial charge is 0.477 e. The van der Waals surface area contributed by atoms with Crippen LogP contribution in [0, 0.1) is 11.8 Å². The molecule has 2 N–H and O–H groups in total. The molecule has 0 aliphatic carbocycles. The minimum atomic E-state index is -1.09. The highest BCUT2D eigenvalue weighted by Gasteiger charge is 2.59. The third-order valence-corrected chi connectivity index (χ3v) is 6.69. The van der Waals surface area contributed by atoms with Crippen molar-refractivity contribution in [1.29, 1.82) is 0 Å². The number of pyridine rings is 1. The van der Waals surface area contributed by atoms with Crippen molar-refractivity contribution in [3.63, 3.8) is 0 Å². The summed E-state index contributed by atoms with van der Waals surface area (Å²) in [5.41, 5.74) is 1.10. The Bertz CT molecular complexity index is 951. The molecule has 2 aliphatic heterocycles. The lowest BCUT2D eigenvalue weighted by atomic mass is 9.79. The second-order valence-corrected chi connectivity index (χ2v) is 8.18. The van der Waals surface area contributed by atoms with E-state index in [0.717, 1.165) is 11.3 Å². The van der Waals surface area contributed by atoms with Gasteiger partial charge in [-0.25, -0.2) is 9.78 Å². The van der Waals surface area contributed by atoms with E-state index in [-0.39, 0.29) is 23.6 Å². The molecule has 0 spiro atoms. The van der Waals surface area contributed by atoms with E-state index >= 15 is 0 Å². The van der Waals surface area contributed by atoms with Gasteiger partial charge in [0.25, 0.3) is 0 Å². The Labute approximate surface area is 160 Å². The molecule has 7 nitrogen and oxygen atoms in total. The zero-order valence-electron chi connectivity index (χ0n) is 15.1. The number of aliphatic hydroxyl groups excluding tert-OH is 1. The maximum absolute atomic E-state index is 12.3. The first-order valence-electron chi connectivity index (χ1n) is 8.94. The molecule has 4 heterocycles. The number of imidazole rings is 1. The monoisotopic (exact) mass is 387 g/mol. The first-order valence-corrected chi connectivity index (χ1v) is 9.92. The number of aromatic nitrogens is 2. The minimum Gasteiger partial charge on any atom is -0.477 e. The van der Waals surface area contributed by atoms with Crippen LogP contribution in [0.5, 0.6) is 0 Å². The predicted octanol–water partition coefficient (Wildman–Crippen LogP) is 1.76. The van der Waals surface area contributed by atoms with Crippen LogP contribution in [0.4, 0.5) is 0 Å². The molecule has 0 saturated carbocycles. The Balaban J connectivity index is 1.52. The van der Waals surface area contributed by atoms with E-state index < -0.39 is 18.0 Å². The lowest BCUT2D eigenvalue weighted by Gasteiger charge is -2.46. The van der Waals surface area contributed by atoms with Gasteiger partial charge in [-0.05, 0) is 19.1 Å². The van der Waals surface area contributed by atoms with Crippen LogP contribution in [0.2, 0.25) is 0 Å². The number of hydrogen-bond donors (Lipinski definition) is 2. The smallest absolute Gasteiger partial charge is 0.353 e. The number of β-lactam (4-membered cyclic amide) rings is 1. The topological polar surface area (TPSA) is 95.1 Å². The van der Waals surface area contributed by atoms with Crippen molar-refractivity contribution in [3.8, 4) is 0 Å². The molecular weight excluding hydrogens is 366 g/mol. The second-order valence-electron chi connectivity index (χ2n) is 7.04. The molecule has 4 rings (SSSR count). The van der Waals surface area contributed by atoms with Gasteiger partial charge in [0.15, 0.2) is 0 Å². The first-order chi connectivity index (χ1) is 12.9. The zero-order chi connectivity index (χ0) is 19.3. The molecule has 27 heavy (non-hydrogen) atoms. The number of carbonyl (C=O) groups excluding carboxylic acids is 1. The molecule has 1 saturated heterocycles. The number of fused-ring (bicyclic) bond motifs is 2. The number of aliphatic carboxylic acids is 1. The molecule has 1 fully saturated rings. The maximum Gasteiger partial charge on any atom is 0.353 e. The molecule has 0 radical (unpaired) electrons. The number of nitrogens with zero attached hydrogens (tertiary/aromatic N) is 3. The number of hydrogen-bond acceptors (Lipinski definition) is 5. The second kappa shape index (κ2) is 6.69. The van der Waals surface area contributed by atoms with Gasteiger partial charge in [0.2, 0.25) is 5.91 Å². The van der Waals surface area contributed by atoms with Gasteiger partial charge >= 0.3 is 5.97 Å². The minimum absolute atomic E-state index is 0.0763. The lowest BCUT2D eigenvalue weighted by molar-refractivity contribution is -0.163. The average molecular weight is 387 g/mol. The maximum atomic E-state index is 12.3. The molecule has 0 aromatic carbocycles. The summed E-state index contributed by atoms with van der Waals surface area (Å²) in [5.74, 6) is -0.426. The number of rotatable bonds is 6. The van der Waals surface area contributed by atoms with E-state index in [1.54, 1.807) is 6.92 Å². The summed E-state index contributed by atoms with van der Waals surface area (Å²) in [5, 5.41) is 19.5. The summed E-state index contributed by atoms with van der Waals surface area (Å²) in [4.78, 5) is 30.6. The fraction of sp³-hybridized carbons (Fsp3) is 0.421. The van der Waals surface area contributed by atoms with Crippen molar-refractivity contribution < 1.29 is 19.8 Å². The van der Waals surface area contributed by atoms with Crippen LogP contribution < -0.4 is 0 Å². The number of carbonyl (C=O) groups is 2. The fourth-order valence-electron chi connectivity index (χ4n) is 4.15. The summed E-state index contributed by atoms with van der Waals surface area (Å²) in [6, 6.07) is 5.63. The summed E-state index contributed by atoms with van der Waals surface area (Å²) in [7, 11) is 0. The van der Waals surface area contributed by atoms with Crippen molar-refractivity contribution in [3.05, 3.63) is 47.0 Å². The fourth-order valence-corrected chi connectivity index (χ4v) is 5.38. The molecule has 0 unspecified atom stereocenters. The van der Waals surface area contributed by atoms with Gasteiger partial charge in [-0.15, -0.1) is 11.8 Å². The number of amides is 1. The molecule has 8 heteroatoms. The molecule has 2 aromatic heterocycles. The number of aliphatic hydroxyl groups is 1. The highest BCUT2D eigenvalue weighted by molar-refractivity contribution is 8.03. The van der Waals surface area contributed by atoms with Gasteiger partial charge in [0.1, 0.15) is 11.5 Å². The highest BCUT2D eigenvalue weighted by atomic mass is 32.2. The molecule has 142 valence electrons. The number of carboxylic acids is 1. The summed E-state index contributed by atoms with van der Waals surface area (Å²) in [6.07, 6.45) is 3.68. The Morgan fingerprint density at radius 1 is 1.41 bits per heavy atom. The third kappa shape index (κ3) is 2.74. The summed E-state index contributed by atoms with van der Waals surface area (Å²) < 4.78 is 2.02. The van der Waals surface area contributed by atoms with Crippen molar-refractivity contribution in [1.82, 2.24) is 14.3 Å².